The lowest BCUT2D eigenvalue weighted by molar-refractivity contribution is -0.119. The van der Waals surface area contributed by atoms with Gasteiger partial charge in [-0.3, -0.25) is 14.8 Å². The Morgan fingerprint density at radius 1 is 1.21 bits per heavy atom. The molecule has 28 heavy (non-hydrogen) atoms. The number of carbonyl (C=O) groups is 1. The second kappa shape index (κ2) is 10.1. The van der Waals surface area contributed by atoms with Gasteiger partial charge in [-0.25, -0.2) is 0 Å². The van der Waals surface area contributed by atoms with E-state index in [-0.39, 0.29) is 11.7 Å². The van der Waals surface area contributed by atoms with Crippen molar-refractivity contribution in [3.63, 3.8) is 0 Å². The molecule has 6 heteroatoms. The number of benzene rings is 1. The van der Waals surface area contributed by atoms with Crippen LogP contribution in [0.25, 0.3) is 0 Å². The molecular formula is C22H27N3O3. The Kier molecular flexibility index (Phi) is 7.28. The standard InChI is InChI=1S/C22H27N3O3/c1-27-9-8-23-22-21-14-24-19(10-17(21)13-25-22)12-20(26)11-18(15-28-2)16-6-4-3-5-7-16/h3-7,10,14,18H,8-9,11-13,15H2,1-2H3,(H,23,25)/t18-/m1/s1. The molecule has 1 N–H and O–H groups in total. The summed E-state index contributed by atoms with van der Waals surface area (Å²) in [7, 11) is 3.34. The van der Waals surface area contributed by atoms with E-state index in [0.29, 0.717) is 39.1 Å². The summed E-state index contributed by atoms with van der Waals surface area (Å²) in [6, 6.07) is 12.0. The average Bonchev–Trinajstić information content (AvgIpc) is 3.11. The molecule has 6 nitrogen and oxygen atoms in total. The molecule has 2 heterocycles. The van der Waals surface area contributed by atoms with Gasteiger partial charge in [0.15, 0.2) is 0 Å². The Morgan fingerprint density at radius 3 is 2.79 bits per heavy atom. The van der Waals surface area contributed by atoms with Gasteiger partial charge >= 0.3 is 0 Å². The molecule has 3 rings (SSSR count). The third kappa shape index (κ3) is 5.24. The number of nitrogens with zero attached hydrogens (tertiary/aromatic N) is 2. The quantitative estimate of drug-likeness (QED) is 0.640. The molecule has 0 spiro atoms. The summed E-state index contributed by atoms with van der Waals surface area (Å²) < 4.78 is 10.4. The highest BCUT2D eigenvalue weighted by Crippen LogP contribution is 2.22. The molecule has 0 fully saturated rings. The van der Waals surface area contributed by atoms with E-state index in [2.05, 4.69) is 15.3 Å². The molecule has 1 aromatic heterocycles. The maximum absolute atomic E-state index is 12.7. The number of rotatable bonds is 10. The second-order valence-corrected chi connectivity index (χ2v) is 6.90. The van der Waals surface area contributed by atoms with Crippen molar-refractivity contribution in [3.8, 4) is 0 Å². The van der Waals surface area contributed by atoms with E-state index in [1.807, 2.05) is 42.6 Å². The molecule has 0 bridgehead atoms. The van der Waals surface area contributed by atoms with E-state index in [4.69, 9.17) is 9.47 Å². The van der Waals surface area contributed by atoms with E-state index in [9.17, 15) is 4.79 Å². The van der Waals surface area contributed by atoms with Gasteiger partial charge in [0.05, 0.1) is 19.8 Å². The largest absolute Gasteiger partial charge is 0.384 e. The van der Waals surface area contributed by atoms with Crippen LogP contribution in [0.1, 0.15) is 34.7 Å². The highest BCUT2D eigenvalue weighted by molar-refractivity contribution is 6.01. The van der Waals surface area contributed by atoms with Crippen LogP contribution in [0.15, 0.2) is 47.6 Å². The van der Waals surface area contributed by atoms with E-state index in [1.165, 1.54) is 0 Å². The lowest BCUT2D eigenvalue weighted by atomic mass is 9.93. The van der Waals surface area contributed by atoms with E-state index in [1.54, 1.807) is 14.2 Å². The van der Waals surface area contributed by atoms with Gasteiger partial charge in [-0.15, -0.1) is 0 Å². The second-order valence-electron chi connectivity index (χ2n) is 6.90. The zero-order valence-corrected chi connectivity index (χ0v) is 16.5. The number of nitrogens with one attached hydrogen (secondary N) is 1. The van der Waals surface area contributed by atoms with Gasteiger partial charge in [0.2, 0.25) is 0 Å². The van der Waals surface area contributed by atoms with Gasteiger partial charge in [-0.1, -0.05) is 30.3 Å². The number of ether oxygens (including phenoxy) is 2. The summed E-state index contributed by atoms with van der Waals surface area (Å²) in [5, 5.41) is 3.26. The van der Waals surface area contributed by atoms with Gasteiger partial charge in [0.25, 0.3) is 0 Å². The summed E-state index contributed by atoms with van der Waals surface area (Å²) >= 11 is 0. The topological polar surface area (TPSA) is 72.8 Å². The molecule has 0 saturated heterocycles. The molecule has 0 aliphatic carbocycles. The fourth-order valence-electron chi connectivity index (χ4n) is 3.41. The normalized spacial score (nSPS) is 13.7. The first-order valence-electron chi connectivity index (χ1n) is 9.52. The first kappa shape index (κ1) is 20.2. The summed E-state index contributed by atoms with van der Waals surface area (Å²) in [5.74, 6) is 1.07. The third-order valence-electron chi connectivity index (χ3n) is 4.80. The van der Waals surface area contributed by atoms with Crippen LogP contribution in [0.4, 0.5) is 0 Å². The van der Waals surface area contributed by atoms with Crippen LogP contribution in [-0.2, 0) is 27.2 Å². The number of fused-ring (bicyclic) bond motifs is 1. The molecular weight excluding hydrogens is 354 g/mol. The smallest absolute Gasteiger partial charge is 0.139 e. The molecule has 0 saturated carbocycles. The summed E-state index contributed by atoms with van der Waals surface area (Å²) in [4.78, 5) is 21.7. The number of carbonyl (C=O) groups excluding carboxylic acids is 1. The zero-order valence-electron chi connectivity index (χ0n) is 16.5. The molecule has 2 aromatic rings. The van der Waals surface area contributed by atoms with Gasteiger partial charge in [0, 0.05) is 57.0 Å². The van der Waals surface area contributed by atoms with Crippen LogP contribution in [0.3, 0.4) is 0 Å². The van der Waals surface area contributed by atoms with Crippen LogP contribution in [0, 0.1) is 0 Å². The third-order valence-corrected chi connectivity index (χ3v) is 4.80. The Morgan fingerprint density at radius 2 is 2.04 bits per heavy atom. The van der Waals surface area contributed by atoms with Gasteiger partial charge < -0.3 is 14.8 Å². The van der Waals surface area contributed by atoms with Crippen molar-refractivity contribution >= 4 is 11.6 Å². The number of amidine groups is 1. The number of hydrogen-bond donors (Lipinski definition) is 1. The van der Waals surface area contributed by atoms with Crippen molar-refractivity contribution in [3.05, 3.63) is 65.0 Å². The maximum atomic E-state index is 12.7. The Hall–Kier alpha value is -2.57. The van der Waals surface area contributed by atoms with E-state index < -0.39 is 0 Å². The number of aromatic nitrogens is 1. The fourth-order valence-corrected chi connectivity index (χ4v) is 3.41. The lowest BCUT2D eigenvalue weighted by Gasteiger charge is -2.15. The molecule has 0 radical (unpaired) electrons. The number of pyridine rings is 1. The predicted octanol–water partition coefficient (Wildman–Crippen LogP) is 2.51. The van der Waals surface area contributed by atoms with Crippen molar-refractivity contribution in [2.24, 2.45) is 4.99 Å². The number of ketones is 1. The van der Waals surface area contributed by atoms with Crippen molar-refractivity contribution in [2.45, 2.75) is 25.3 Å². The molecule has 148 valence electrons. The number of Topliss-reactive ketones (excluding diaryl/α,β-unsaturated/α-hetero) is 1. The predicted molar refractivity (Wildman–Crippen MR) is 109 cm³/mol. The zero-order chi connectivity index (χ0) is 19.8. The number of methoxy groups -OCH3 is 2. The fraction of sp³-hybridized carbons (Fsp3) is 0.409. The molecule has 1 aliphatic heterocycles. The molecule has 1 atom stereocenters. The van der Waals surface area contributed by atoms with Crippen molar-refractivity contribution in [1.29, 1.82) is 0 Å². The molecule has 1 aromatic carbocycles. The molecule has 1 aliphatic rings. The minimum absolute atomic E-state index is 0.0630. The van der Waals surface area contributed by atoms with Gasteiger partial charge in [0.1, 0.15) is 11.6 Å². The molecule has 0 unspecified atom stereocenters. The van der Waals surface area contributed by atoms with Crippen molar-refractivity contribution < 1.29 is 14.3 Å². The maximum Gasteiger partial charge on any atom is 0.139 e. The van der Waals surface area contributed by atoms with Crippen molar-refractivity contribution in [1.82, 2.24) is 10.3 Å². The van der Waals surface area contributed by atoms with Gasteiger partial charge in [-0.2, -0.15) is 0 Å². The van der Waals surface area contributed by atoms with Crippen LogP contribution >= 0.6 is 0 Å². The summed E-state index contributed by atoms with van der Waals surface area (Å²) in [5.41, 5.74) is 4.03. The van der Waals surface area contributed by atoms with Crippen molar-refractivity contribution in [2.75, 3.05) is 34.0 Å². The van der Waals surface area contributed by atoms with Crippen LogP contribution < -0.4 is 5.32 Å². The van der Waals surface area contributed by atoms with E-state index in [0.717, 1.165) is 28.2 Å². The first-order valence-corrected chi connectivity index (χ1v) is 9.52. The van der Waals surface area contributed by atoms with Gasteiger partial charge in [-0.05, 0) is 17.2 Å². The van der Waals surface area contributed by atoms with Crippen LogP contribution in [0.2, 0.25) is 0 Å². The van der Waals surface area contributed by atoms with Crippen LogP contribution in [-0.4, -0.2) is 50.6 Å². The number of aliphatic imine (C=N–C) groups is 1. The Labute approximate surface area is 166 Å². The van der Waals surface area contributed by atoms with Crippen LogP contribution in [0.5, 0.6) is 0 Å². The highest BCUT2D eigenvalue weighted by atomic mass is 16.5. The monoisotopic (exact) mass is 381 g/mol. The lowest BCUT2D eigenvalue weighted by Crippen LogP contribution is -2.27. The Bertz CT molecular complexity index is 821. The SMILES string of the molecule is COCCNC1=NCc2cc(CC(=O)C[C@H](COC)c3ccccc3)ncc21. The average molecular weight is 381 g/mol. The minimum atomic E-state index is 0.0630. The van der Waals surface area contributed by atoms with E-state index >= 15 is 0 Å². The first-order chi connectivity index (χ1) is 13.7. The Balaban J connectivity index is 1.60. The minimum Gasteiger partial charge on any atom is -0.384 e. The molecule has 0 amide bonds. The summed E-state index contributed by atoms with van der Waals surface area (Å²) in [6.07, 6.45) is 2.58. The number of hydrogen-bond acceptors (Lipinski definition) is 6. The summed E-state index contributed by atoms with van der Waals surface area (Å²) in [6.45, 7) is 2.47. The highest BCUT2D eigenvalue weighted by Gasteiger charge is 2.19.